The number of anilines is 1. The van der Waals surface area contributed by atoms with Crippen LogP contribution in [0.1, 0.15) is 70.9 Å². The van der Waals surface area contributed by atoms with E-state index in [2.05, 4.69) is 26.1 Å². The molecule has 10 heteroatoms. The monoisotopic (exact) mass is 595 g/mol. The number of amides is 2. The van der Waals surface area contributed by atoms with Crippen LogP contribution in [0.25, 0.3) is 0 Å². The molecule has 1 aliphatic carbocycles. The van der Waals surface area contributed by atoms with Gasteiger partial charge in [-0.05, 0) is 60.6 Å². The lowest BCUT2D eigenvalue weighted by molar-refractivity contribution is -0.139. The lowest BCUT2D eigenvalue weighted by Gasteiger charge is -2.33. The van der Waals surface area contributed by atoms with E-state index in [1.165, 1.54) is 4.90 Å². The van der Waals surface area contributed by atoms with Gasteiger partial charge in [-0.15, -0.1) is 0 Å². The average molecular weight is 597 g/mol. The Balaban J connectivity index is 1.90. The summed E-state index contributed by atoms with van der Waals surface area (Å²) in [6, 6.07) is 11.3. The molecule has 1 atom stereocenters. The minimum Gasteiger partial charge on any atom is -0.352 e. The zero-order valence-corrected chi connectivity index (χ0v) is 25.7. The van der Waals surface area contributed by atoms with Gasteiger partial charge in [0.25, 0.3) is 0 Å². The molecule has 2 amide bonds. The molecule has 39 heavy (non-hydrogen) atoms. The molecule has 0 aromatic heterocycles. The van der Waals surface area contributed by atoms with Gasteiger partial charge < -0.3 is 10.2 Å². The number of nitrogens with zero attached hydrogens (tertiary/aromatic N) is 2. The van der Waals surface area contributed by atoms with Gasteiger partial charge in [0.1, 0.15) is 12.6 Å². The van der Waals surface area contributed by atoms with Crippen molar-refractivity contribution >= 4 is 50.7 Å². The zero-order valence-electron chi connectivity index (χ0n) is 23.3. The van der Waals surface area contributed by atoms with Crippen molar-refractivity contribution in [1.82, 2.24) is 10.2 Å². The quantitative estimate of drug-likeness (QED) is 0.389. The number of sulfonamides is 1. The second-order valence-electron chi connectivity index (χ2n) is 11.3. The third kappa shape index (κ3) is 8.60. The molecule has 0 spiro atoms. The number of hydrogen-bond acceptors (Lipinski definition) is 4. The van der Waals surface area contributed by atoms with Gasteiger partial charge in [0.15, 0.2) is 0 Å². The second kappa shape index (κ2) is 12.9. The fourth-order valence-corrected chi connectivity index (χ4v) is 6.04. The van der Waals surface area contributed by atoms with Gasteiger partial charge in [0, 0.05) is 22.6 Å². The highest BCUT2D eigenvalue weighted by molar-refractivity contribution is 7.92. The maximum Gasteiger partial charge on any atom is 0.244 e. The van der Waals surface area contributed by atoms with Crippen molar-refractivity contribution in [3.63, 3.8) is 0 Å². The third-order valence-electron chi connectivity index (χ3n) is 7.18. The number of halogens is 2. The molecule has 0 unspecified atom stereocenters. The lowest BCUT2D eigenvalue weighted by Crippen LogP contribution is -2.53. The summed E-state index contributed by atoms with van der Waals surface area (Å²) in [5, 5.41) is 3.89. The SMILES string of the molecule is C[C@H](C(=O)NC1CCCCC1)N(Cc1ccc(Cl)cc1Cl)C(=O)CN(c1ccc(C(C)(C)C)cc1)S(C)(=O)=O. The molecule has 0 heterocycles. The highest BCUT2D eigenvalue weighted by atomic mass is 35.5. The number of nitrogens with one attached hydrogen (secondary N) is 1. The summed E-state index contributed by atoms with van der Waals surface area (Å²) >= 11 is 12.5. The second-order valence-corrected chi connectivity index (χ2v) is 14.1. The van der Waals surface area contributed by atoms with Crippen LogP contribution < -0.4 is 9.62 Å². The largest absolute Gasteiger partial charge is 0.352 e. The van der Waals surface area contributed by atoms with Crippen molar-refractivity contribution in [3.8, 4) is 0 Å². The van der Waals surface area contributed by atoms with E-state index >= 15 is 0 Å². The van der Waals surface area contributed by atoms with Crippen molar-refractivity contribution < 1.29 is 18.0 Å². The Bertz CT molecular complexity index is 1270. The predicted octanol–water partition coefficient (Wildman–Crippen LogP) is 5.92. The summed E-state index contributed by atoms with van der Waals surface area (Å²) in [6.07, 6.45) is 6.14. The molecular weight excluding hydrogens is 557 g/mol. The molecule has 0 saturated heterocycles. The van der Waals surface area contributed by atoms with Crippen LogP contribution in [0.2, 0.25) is 10.0 Å². The van der Waals surface area contributed by atoms with E-state index in [9.17, 15) is 18.0 Å². The molecule has 0 bridgehead atoms. The highest BCUT2D eigenvalue weighted by Crippen LogP contribution is 2.27. The van der Waals surface area contributed by atoms with E-state index in [1.54, 1.807) is 37.3 Å². The van der Waals surface area contributed by atoms with E-state index in [-0.39, 0.29) is 23.9 Å². The molecule has 7 nitrogen and oxygen atoms in total. The fourth-order valence-electron chi connectivity index (χ4n) is 4.73. The van der Waals surface area contributed by atoms with Crippen LogP contribution >= 0.6 is 23.2 Å². The molecule has 0 radical (unpaired) electrons. The van der Waals surface area contributed by atoms with Gasteiger partial charge in [0.05, 0.1) is 11.9 Å². The Hall–Kier alpha value is -2.29. The first-order chi connectivity index (χ1) is 18.2. The molecule has 2 aromatic carbocycles. The molecule has 2 aromatic rings. The summed E-state index contributed by atoms with van der Waals surface area (Å²) in [4.78, 5) is 28.5. The van der Waals surface area contributed by atoms with Crippen LogP contribution in [0.15, 0.2) is 42.5 Å². The topological polar surface area (TPSA) is 86.8 Å². The van der Waals surface area contributed by atoms with Gasteiger partial charge in [-0.25, -0.2) is 8.42 Å². The molecule has 1 N–H and O–H groups in total. The summed E-state index contributed by atoms with van der Waals surface area (Å²) in [6.45, 7) is 7.43. The molecule has 3 rings (SSSR count). The van der Waals surface area contributed by atoms with Crippen molar-refractivity contribution in [2.75, 3.05) is 17.1 Å². The Morgan fingerprint density at radius 2 is 1.64 bits per heavy atom. The summed E-state index contributed by atoms with van der Waals surface area (Å²) < 4.78 is 26.7. The van der Waals surface area contributed by atoms with Crippen molar-refractivity contribution in [3.05, 3.63) is 63.6 Å². The van der Waals surface area contributed by atoms with Crippen molar-refractivity contribution in [2.24, 2.45) is 0 Å². The highest BCUT2D eigenvalue weighted by Gasteiger charge is 2.31. The average Bonchev–Trinajstić information content (AvgIpc) is 2.86. The van der Waals surface area contributed by atoms with Gasteiger partial charge in [0.2, 0.25) is 21.8 Å². The Kier molecular flexibility index (Phi) is 10.3. The Labute approximate surface area is 242 Å². The Morgan fingerprint density at radius 3 is 2.18 bits per heavy atom. The van der Waals surface area contributed by atoms with E-state index in [0.29, 0.717) is 21.3 Å². The first-order valence-electron chi connectivity index (χ1n) is 13.3. The Morgan fingerprint density at radius 1 is 1.03 bits per heavy atom. The van der Waals surface area contributed by atoms with Gasteiger partial charge in [-0.2, -0.15) is 0 Å². The number of hydrogen-bond donors (Lipinski definition) is 1. The fraction of sp³-hybridized carbons (Fsp3) is 0.517. The first-order valence-corrected chi connectivity index (χ1v) is 15.9. The summed E-state index contributed by atoms with van der Waals surface area (Å²) in [5.41, 5.74) is 1.91. The van der Waals surface area contributed by atoms with Crippen molar-refractivity contribution in [2.45, 2.75) is 83.8 Å². The molecule has 1 aliphatic rings. The standard InChI is InChI=1S/C29H39Cl2N3O4S/c1-20(28(36)32-24-9-7-6-8-10-24)33(18-21-11-14-23(30)17-26(21)31)27(35)19-34(39(5,37)38)25-15-12-22(13-16-25)29(2,3)4/h11-17,20,24H,6-10,18-19H2,1-5H3,(H,32,36)/t20-/m1/s1. The maximum atomic E-state index is 13.8. The van der Waals surface area contributed by atoms with E-state index < -0.39 is 28.5 Å². The zero-order chi connectivity index (χ0) is 29.0. The lowest BCUT2D eigenvalue weighted by atomic mass is 9.87. The minimum absolute atomic E-state index is 0.0225. The van der Waals surface area contributed by atoms with E-state index in [1.807, 2.05) is 12.1 Å². The van der Waals surface area contributed by atoms with Crippen LogP contribution in [-0.2, 0) is 31.6 Å². The van der Waals surface area contributed by atoms with E-state index in [0.717, 1.165) is 48.2 Å². The molecule has 1 fully saturated rings. The van der Waals surface area contributed by atoms with Crippen LogP contribution in [-0.4, -0.2) is 50.0 Å². The predicted molar refractivity (Wildman–Crippen MR) is 159 cm³/mol. The third-order valence-corrected chi connectivity index (χ3v) is 8.90. The number of benzene rings is 2. The summed E-state index contributed by atoms with van der Waals surface area (Å²) in [5.74, 6) is -0.793. The van der Waals surface area contributed by atoms with Gasteiger partial charge >= 0.3 is 0 Å². The van der Waals surface area contributed by atoms with Gasteiger partial charge in [-0.1, -0.05) is 81.4 Å². The molecular formula is C29H39Cl2N3O4S. The molecule has 1 saturated carbocycles. The minimum atomic E-state index is -3.81. The number of carbonyl (C=O) groups is 2. The molecule has 214 valence electrons. The molecule has 0 aliphatic heterocycles. The smallest absolute Gasteiger partial charge is 0.244 e. The first kappa shape index (κ1) is 31.2. The van der Waals surface area contributed by atoms with Crippen molar-refractivity contribution in [1.29, 1.82) is 0 Å². The number of rotatable bonds is 9. The number of carbonyl (C=O) groups excluding carboxylic acids is 2. The van der Waals surface area contributed by atoms with Crippen LogP contribution in [0.5, 0.6) is 0 Å². The van der Waals surface area contributed by atoms with Crippen LogP contribution in [0, 0.1) is 0 Å². The van der Waals surface area contributed by atoms with Crippen LogP contribution in [0.4, 0.5) is 5.69 Å². The summed E-state index contributed by atoms with van der Waals surface area (Å²) in [7, 11) is -3.81. The van der Waals surface area contributed by atoms with E-state index in [4.69, 9.17) is 23.2 Å². The van der Waals surface area contributed by atoms with Gasteiger partial charge in [-0.3, -0.25) is 13.9 Å². The van der Waals surface area contributed by atoms with Crippen LogP contribution in [0.3, 0.4) is 0 Å². The normalized spacial score (nSPS) is 15.5. The maximum absolute atomic E-state index is 13.8.